The highest BCUT2D eigenvalue weighted by Gasteiger charge is 2.28. The van der Waals surface area contributed by atoms with Crippen molar-refractivity contribution in [3.05, 3.63) is 30.2 Å². The molecule has 2 aliphatic heterocycles. The molecule has 0 bridgehead atoms. The third kappa shape index (κ3) is 2.73. The van der Waals surface area contributed by atoms with Gasteiger partial charge in [-0.15, -0.1) is 0 Å². The molecule has 2 saturated heterocycles. The van der Waals surface area contributed by atoms with Gasteiger partial charge in [-0.2, -0.15) is 0 Å². The molecule has 0 radical (unpaired) electrons. The minimum Gasteiger partial charge on any atom is -0.440 e. The Bertz CT molecular complexity index is 646. The number of aromatic nitrogens is 1. The lowest BCUT2D eigenvalue weighted by Gasteiger charge is -2.33. The number of carbonyl (C=O) groups excluding carboxylic acids is 1. The maximum Gasteiger partial charge on any atom is 0.282 e. The summed E-state index contributed by atoms with van der Waals surface area (Å²) in [5.41, 5.74) is 1.82. The lowest BCUT2D eigenvalue weighted by Crippen LogP contribution is -2.42. The van der Waals surface area contributed by atoms with Crippen LogP contribution < -0.4 is 0 Å². The fourth-order valence-electron chi connectivity index (χ4n) is 3.18. The van der Waals surface area contributed by atoms with Gasteiger partial charge in [-0.3, -0.25) is 9.69 Å². The number of benzene rings is 1. The molecule has 5 nitrogen and oxygen atoms in total. The summed E-state index contributed by atoms with van der Waals surface area (Å²) in [7, 11) is 0. The van der Waals surface area contributed by atoms with Crippen LogP contribution in [0, 0.1) is 0 Å². The van der Waals surface area contributed by atoms with Crippen LogP contribution in [0.5, 0.6) is 0 Å². The van der Waals surface area contributed by atoms with Crippen molar-refractivity contribution in [3.63, 3.8) is 0 Å². The van der Waals surface area contributed by atoms with E-state index in [1.807, 2.05) is 29.2 Å². The number of hydrogen-bond acceptors (Lipinski definition) is 5. The first kappa shape index (κ1) is 14.1. The van der Waals surface area contributed by atoms with Gasteiger partial charge in [0.2, 0.25) is 0 Å². The second-order valence-corrected chi connectivity index (χ2v) is 6.98. The molecule has 22 heavy (non-hydrogen) atoms. The summed E-state index contributed by atoms with van der Waals surface area (Å²) < 4.78 is 5.90. The topological polar surface area (TPSA) is 49.6 Å². The van der Waals surface area contributed by atoms with Gasteiger partial charge in [-0.05, 0) is 25.0 Å². The number of piperidine rings is 1. The molecule has 2 aliphatic rings. The number of carbonyl (C=O) groups is 1. The first-order valence-electron chi connectivity index (χ1n) is 7.79. The molecule has 2 aromatic rings. The molecule has 0 unspecified atom stereocenters. The Morgan fingerprint density at radius 3 is 2.77 bits per heavy atom. The molecule has 0 N–H and O–H groups in total. The van der Waals surface area contributed by atoms with Crippen LogP contribution >= 0.6 is 11.8 Å². The van der Waals surface area contributed by atoms with Crippen LogP contribution in [0.2, 0.25) is 0 Å². The van der Waals surface area contributed by atoms with E-state index in [9.17, 15) is 4.79 Å². The SMILES string of the molecule is O=C1SCCN1CN1CCC(c2nc3ccccc3o2)CC1. The van der Waals surface area contributed by atoms with Gasteiger partial charge >= 0.3 is 0 Å². The molecular formula is C16H19N3O2S. The summed E-state index contributed by atoms with van der Waals surface area (Å²) in [6.07, 6.45) is 2.09. The van der Waals surface area contributed by atoms with E-state index in [0.29, 0.717) is 5.92 Å². The zero-order valence-electron chi connectivity index (χ0n) is 12.4. The van der Waals surface area contributed by atoms with Gasteiger partial charge in [-0.25, -0.2) is 4.98 Å². The average molecular weight is 317 g/mol. The van der Waals surface area contributed by atoms with E-state index in [4.69, 9.17) is 4.42 Å². The van der Waals surface area contributed by atoms with Gasteiger partial charge in [0, 0.05) is 31.3 Å². The number of nitrogens with zero attached hydrogens (tertiary/aromatic N) is 3. The lowest BCUT2D eigenvalue weighted by molar-refractivity contribution is 0.132. The number of rotatable bonds is 3. The van der Waals surface area contributed by atoms with E-state index < -0.39 is 0 Å². The third-order valence-corrected chi connectivity index (χ3v) is 5.35. The molecule has 1 amide bonds. The Kier molecular flexibility index (Phi) is 3.80. The second kappa shape index (κ2) is 5.93. The predicted molar refractivity (Wildman–Crippen MR) is 87.0 cm³/mol. The van der Waals surface area contributed by atoms with Crippen molar-refractivity contribution >= 4 is 28.1 Å². The van der Waals surface area contributed by atoms with Crippen LogP contribution in [-0.2, 0) is 0 Å². The highest BCUT2D eigenvalue weighted by atomic mass is 32.2. The molecule has 0 atom stereocenters. The van der Waals surface area contributed by atoms with Crippen LogP contribution in [0.3, 0.4) is 0 Å². The van der Waals surface area contributed by atoms with E-state index in [1.165, 1.54) is 11.8 Å². The summed E-state index contributed by atoms with van der Waals surface area (Å²) in [6.45, 7) is 3.65. The number of likely N-dealkylation sites (tertiary alicyclic amines) is 1. The minimum absolute atomic E-state index is 0.223. The largest absolute Gasteiger partial charge is 0.440 e. The first-order chi connectivity index (χ1) is 10.8. The number of para-hydroxylation sites is 2. The van der Waals surface area contributed by atoms with Gasteiger partial charge in [-0.1, -0.05) is 23.9 Å². The van der Waals surface area contributed by atoms with Crippen molar-refractivity contribution in [1.29, 1.82) is 0 Å². The smallest absolute Gasteiger partial charge is 0.282 e. The molecule has 1 aromatic heterocycles. The monoisotopic (exact) mass is 317 g/mol. The van der Waals surface area contributed by atoms with E-state index in [-0.39, 0.29) is 5.24 Å². The Morgan fingerprint density at radius 2 is 2.05 bits per heavy atom. The standard InChI is InChI=1S/C16H19N3O2S/c20-16-19(9-10-22-16)11-18-7-5-12(6-8-18)15-17-13-3-1-2-4-14(13)21-15/h1-4,12H,5-11H2. The average Bonchev–Trinajstić information content (AvgIpc) is 3.15. The van der Waals surface area contributed by atoms with Crippen molar-refractivity contribution in [3.8, 4) is 0 Å². The van der Waals surface area contributed by atoms with E-state index in [2.05, 4.69) is 9.88 Å². The lowest BCUT2D eigenvalue weighted by atomic mass is 9.97. The van der Waals surface area contributed by atoms with E-state index in [1.54, 1.807) is 0 Å². The number of fused-ring (bicyclic) bond motifs is 1. The number of hydrogen-bond donors (Lipinski definition) is 0. The zero-order valence-corrected chi connectivity index (χ0v) is 13.2. The minimum atomic E-state index is 0.223. The maximum atomic E-state index is 11.7. The quantitative estimate of drug-likeness (QED) is 0.870. The Balaban J connectivity index is 1.38. The molecule has 4 rings (SSSR count). The van der Waals surface area contributed by atoms with Gasteiger partial charge in [0.1, 0.15) is 5.52 Å². The fourth-order valence-corrected chi connectivity index (χ4v) is 4.00. The molecular weight excluding hydrogens is 298 g/mol. The van der Waals surface area contributed by atoms with Crippen LogP contribution in [0.15, 0.2) is 28.7 Å². The normalized spacial score (nSPS) is 21.1. The molecule has 0 spiro atoms. The molecule has 3 heterocycles. The van der Waals surface area contributed by atoms with Crippen molar-refractivity contribution in [1.82, 2.24) is 14.8 Å². The summed E-state index contributed by atoms with van der Waals surface area (Å²) in [6, 6.07) is 7.93. The Morgan fingerprint density at radius 1 is 1.23 bits per heavy atom. The van der Waals surface area contributed by atoms with Crippen LogP contribution in [0.1, 0.15) is 24.7 Å². The molecule has 0 saturated carbocycles. The van der Waals surface area contributed by atoms with Crippen molar-refractivity contribution in [2.24, 2.45) is 0 Å². The summed E-state index contributed by atoms with van der Waals surface area (Å²) in [4.78, 5) is 20.6. The second-order valence-electron chi connectivity index (χ2n) is 5.93. The Labute approximate surface area is 133 Å². The zero-order chi connectivity index (χ0) is 14.9. The highest BCUT2D eigenvalue weighted by Crippen LogP contribution is 2.30. The first-order valence-corrected chi connectivity index (χ1v) is 8.78. The molecule has 6 heteroatoms. The van der Waals surface area contributed by atoms with E-state index >= 15 is 0 Å². The maximum absolute atomic E-state index is 11.7. The Hall–Kier alpha value is -1.53. The third-order valence-electron chi connectivity index (χ3n) is 4.46. The molecule has 1 aromatic carbocycles. The van der Waals surface area contributed by atoms with Crippen molar-refractivity contribution < 1.29 is 9.21 Å². The van der Waals surface area contributed by atoms with Crippen LogP contribution in [-0.4, -0.2) is 52.1 Å². The summed E-state index contributed by atoms with van der Waals surface area (Å²) >= 11 is 1.43. The highest BCUT2D eigenvalue weighted by molar-refractivity contribution is 8.13. The van der Waals surface area contributed by atoms with Gasteiger partial charge in [0.25, 0.3) is 5.24 Å². The van der Waals surface area contributed by atoms with Gasteiger partial charge in [0.15, 0.2) is 11.5 Å². The van der Waals surface area contributed by atoms with Crippen molar-refractivity contribution in [2.45, 2.75) is 18.8 Å². The van der Waals surface area contributed by atoms with Crippen LogP contribution in [0.4, 0.5) is 4.79 Å². The summed E-state index contributed by atoms with van der Waals surface area (Å²) in [5, 5.41) is 0.223. The van der Waals surface area contributed by atoms with Gasteiger partial charge in [0.05, 0.1) is 6.67 Å². The van der Waals surface area contributed by atoms with Crippen LogP contribution in [0.25, 0.3) is 11.1 Å². The van der Waals surface area contributed by atoms with Crippen molar-refractivity contribution in [2.75, 3.05) is 32.1 Å². The molecule has 0 aliphatic carbocycles. The number of thioether (sulfide) groups is 1. The predicted octanol–water partition coefficient (Wildman–Crippen LogP) is 3.13. The number of amides is 1. The number of oxazole rings is 1. The van der Waals surface area contributed by atoms with Gasteiger partial charge < -0.3 is 9.32 Å². The fraction of sp³-hybridized carbons (Fsp3) is 0.500. The summed E-state index contributed by atoms with van der Waals surface area (Å²) in [5.74, 6) is 2.19. The van der Waals surface area contributed by atoms with E-state index in [0.717, 1.165) is 61.9 Å². The molecule has 2 fully saturated rings. The molecule has 116 valence electrons.